The average Bonchev–Trinajstić information content (AvgIpc) is 3.16. The first kappa shape index (κ1) is 24.9. The van der Waals surface area contributed by atoms with Gasteiger partial charge in [-0.2, -0.15) is 0 Å². The lowest BCUT2D eigenvalue weighted by molar-refractivity contribution is -0.122. The number of carbonyl (C=O) groups is 2. The molecule has 4 aromatic rings. The van der Waals surface area contributed by atoms with Crippen LogP contribution in [0.25, 0.3) is 16.7 Å². The molecule has 0 aliphatic heterocycles. The summed E-state index contributed by atoms with van der Waals surface area (Å²) in [5.41, 5.74) is 1.99. The van der Waals surface area contributed by atoms with Crippen LogP contribution in [0.5, 0.6) is 0 Å². The molecule has 0 spiro atoms. The van der Waals surface area contributed by atoms with E-state index in [1.807, 2.05) is 45.9 Å². The fraction of sp³-hybridized carbons (Fsp3) is 0.346. The van der Waals surface area contributed by atoms with Crippen molar-refractivity contribution in [1.29, 1.82) is 0 Å². The number of carbonyl (C=O) groups excluding carboxylic acids is 2. The second kappa shape index (κ2) is 10.2. The molecule has 0 bridgehead atoms. The molecule has 10 nitrogen and oxygen atoms in total. The summed E-state index contributed by atoms with van der Waals surface area (Å²) in [6.07, 6.45) is 0.835. The molecule has 1 atom stereocenters. The minimum Gasteiger partial charge on any atom is -0.354 e. The minimum absolute atomic E-state index is 0.0167. The van der Waals surface area contributed by atoms with Gasteiger partial charge in [0.05, 0.1) is 10.9 Å². The third-order valence-corrected chi connectivity index (χ3v) is 6.31. The molecule has 4 rings (SSSR count). The third-order valence-electron chi connectivity index (χ3n) is 6.31. The van der Waals surface area contributed by atoms with E-state index in [4.69, 9.17) is 0 Å². The molecule has 0 saturated heterocycles. The van der Waals surface area contributed by atoms with Crippen LogP contribution in [0.2, 0.25) is 0 Å². The lowest BCUT2D eigenvalue weighted by Gasteiger charge is -2.13. The predicted molar refractivity (Wildman–Crippen MR) is 138 cm³/mol. The van der Waals surface area contributed by atoms with Crippen molar-refractivity contribution in [2.24, 2.45) is 0 Å². The van der Waals surface area contributed by atoms with Gasteiger partial charge in [0.2, 0.25) is 17.6 Å². The van der Waals surface area contributed by atoms with Gasteiger partial charge in [0.1, 0.15) is 6.54 Å². The smallest absolute Gasteiger partial charge is 0.352 e. The number of hydrogen-bond acceptors (Lipinski definition) is 5. The van der Waals surface area contributed by atoms with Crippen LogP contribution < -0.4 is 21.9 Å². The van der Waals surface area contributed by atoms with Crippen LogP contribution in [-0.2, 0) is 22.7 Å². The first-order chi connectivity index (χ1) is 17.2. The Hall–Kier alpha value is -4.21. The van der Waals surface area contributed by atoms with Gasteiger partial charge in [0.15, 0.2) is 0 Å². The first-order valence-corrected chi connectivity index (χ1v) is 12.0. The van der Waals surface area contributed by atoms with Crippen molar-refractivity contribution >= 4 is 34.2 Å². The third kappa shape index (κ3) is 4.79. The van der Waals surface area contributed by atoms with Gasteiger partial charge in [-0.25, -0.2) is 13.9 Å². The molecule has 2 aromatic carbocycles. The molecule has 2 N–H and O–H groups in total. The first-order valence-electron chi connectivity index (χ1n) is 12.0. The van der Waals surface area contributed by atoms with Crippen molar-refractivity contribution in [3.05, 3.63) is 74.4 Å². The highest BCUT2D eigenvalue weighted by atomic mass is 16.2. The Labute approximate surface area is 207 Å². The van der Waals surface area contributed by atoms with E-state index in [1.54, 1.807) is 24.3 Å². The van der Waals surface area contributed by atoms with E-state index < -0.39 is 11.6 Å². The number of amides is 2. The maximum Gasteiger partial charge on any atom is 0.352 e. The fourth-order valence-corrected chi connectivity index (χ4v) is 4.16. The molecule has 188 valence electrons. The molecule has 0 aliphatic carbocycles. The summed E-state index contributed by atoms with van der Waals surface area (Å²) in [6, 6.07) is 12.4. The number of aryl methyl sites for hydroxylation is 3. The molecule has 2 amide bonds. The van der Waals surface area contributed by atoms with Crippen LogP contribution in [0, 0.1) is 13.8 Å². The summed E-state index contributed by atoms with van der Waals surface area (Å²) in [7, 11) is 0. The topological polar surface area (TPSA) is 120 Å². The highest BCUT2D eigenvalue weighted by molar-refractivity contribution is 5.92. The highest BCUT2D eigenvalue weighted by Crippen LogP contribution is 2.19. The zero-order chi connectivity index (χ0) is 26.0. The van der Waals surface area contributed by atoms with Crippen molar-refractivity contribution < 1.29 is 9.59 Å². The van der Waals surface area contributed by atoms with Gasteiger partial charge in [-0.3, -0.25) is 19.0 Å². The van der Waals surface area contributed by atoms with Crippen LogP contribution in [-0.4, -0.2) is 36.6 Å². The van der Waals surface area contributed by atoms with E-state index in [2.05, 4.69) is 15.7 Å². The number of hydrogen-bond donors (Lipinski definition) is 2. The average molecular weight is 491 g/mol. The molecular weight excluding hydrogens is 460 g/mol. The van der Waals surface area contributed by atoms with Gasteiger partial charge in [0, 0.05) is 24.7 Å². The van der Waals surface area contributed by atoms with Gasteiger partial charge < -0.3 is 10.6 Å². The van der Waals surface area contributed by atoms with Crippen LogP contribution in [0.1, 0.15) is 37.8 Å². The monoisotopic (exact) mass is 490 g/mol. The second-order valence-electron chi connectivity index (χ2n) is 8.99. The number of para-hydroxylation sites is 2. The van der Waals surface area contributed by atoms with E-state index in [0.29, 0.717) is 16.6 Å². The van der Waals surface area contributed by atoms with Crippen molar-refractivity contribution in [3.63, 3.8) is 0 Å². The SMILES string of the molecule is CC[C@H](C)NC(=O)CCn1c(=O)c2ccccc2n2c(=O)n(CC(=O)Nc3c(C)cccc3C)nc12. The Morgan fingerprint density at radius 3 is 2.39 bits per heavy atom. The van der Waals surface area contributed by atoms with Gasteiger partial charge in [0.25, 0.3) is 5.56 Å². The number of fused-ring (bicyclic) bond motifs is 3. The zero-order valence-electron chi connectivity index (χ0n) is 20.9. The van der Waals surface area contributed by atoms with E-state index in [9.17, 15) is 19.2 Å². The van der Waals surface area contributed by atoms with Crippen molar-refractivity contribution in [3.8, 4) is 0 Å². The Morgan fingerprint density at radius 1 is 1.00 bits per heavy atom. The Bertz CT molecular complexity index is 1560. The maximum absolute atomic E-state index is 13.3. The van der Waals surface area contributed by atoms with E-state index in [1.165, 1.54) is 8.97 Å². The van der Waals surface area contributed by atoms with E-state index in [0.717, 1.165) is 22.2 Å². The minimum atomic E-state index is -0.546. The van der Waals surface area contributed by atoms with Gasteiger partial charge in [-0.05, 0) is 50.5 Å². The van der Waals surface area contributed by atoms with Crippen molar-refractivity contribution in [1.82, 2.24) is 24.1 Å². The Balaban J connectivity index is 1.73. The predicted octanol–water partition coefficient (Wildman–Crippen LogP) is 2.37. The number of nitrogens with one attached hydrogen (secondary N) is 2. The van der Waals surface area contributed by atoms with Gasteiger partial charge in [-0.1, -0.05) is 37.3 Å². The number of rotatable bonds is 8. The van der Waals surface area contributed by atoms with Crippen LogP contribution in [0.4, 0.5) is 5.69 Å². The normalized spacial score (nSPS) is 12.1. The lowest BCUT2D eigenvalue weighted by atomic mass is 10.1. The lowest BCUT2D eigenvalue weighted by Crippen LogP contribution is -2.34. The molecule has 10 heteroatoms. The number of nitrogens with zero attached hydrogens (tertiary/aromatic N) is 4. The molecule has 2 heterocycles. The number of benzene rings is 2. The summed E-state index contributed by atoms with van der Waals surface area (Å²) in [4.78, 5) is 51.8. The summed E-state index contributed by atoms with van der Waals surface area (Å²) >= 11 is 0. The summed E-state index contributed by atoms with van der Waals surface area (Å²) < 4.78 is 3.68. The quantitative estimate of drug-likeness (QED) is 0.393. The van der Waals surface area contributed by atoms with Crippen molar-refractivity contribution in [2.75, 3.05) is 5.32 Å². The Morgan fingerprint density at radius 2 is 1.69 bits per heavy atom. The molecule has 2 aromatic heterocycles. The largest absolute Gasteiger partial charge is 0.354 e. The molecule has 0 fully saturated rings. The molecule has 0 aliphatic rings. The summed E-state index contributed by atoms with van der Waals surface area (Å²) in [5.74, 6) is -0.527. The molecular formula is C26H30N6O4. The Kier molecular flexibility index (Phi) is 7.05. The maximum atomic E-state index is 13.3. The summed E-state index contributed by atoms with van der Waals surface area (Å²) in [6.45, 7) is 7.37. The molecule has 0 unspecified atom stereocenters. The molecule has 0 saturated carbocycles. The molecule has 36 heavy (non-hydrogen) atoms. The fourth-order valence-electron chi connectivity index (χ4n) is 4.16. The zero-order valence-corrected chi connectivity index (χ0v) is 20.9. The van der Waals surface area contributed by atoms with Crippen LogP contribution >= 0.6 is 0 Å². The van der Waals surface area contributed by atoms with Gasteiger partial charge in [-0.15, -0.1) is 5.10 Å². The van der Waals surface area contributed by atoms with E-state index in [-0.39, 0.29) is 42.8 Å². The second-order valence-corrected chi connectivity index (χ2v) is 8.99. The van der Waals surface area contributed by atoms with Gasteiger partial charge >= 0.3 is 5.69 Å². The number of anilines is 1. The van der Waals surface area contributed by atoms with Crippen LogP contribution in [0.3, 0.4) is 0 Å². The van der Waals surface area contributed by atoms with Crippen LogP contribution in [0.15, 0.2) is 52.1 Å². The highest BCUT2D eigenvalue weighted by Gasteiger charge is 2.20. The number of aromatic nitrogens is 4. The summed E-state index contributed by atoms with van der Waals surface area (Å²) in [5, 5.41) is 10.4. The standard InChI is InChI=1S/C26H30N6O4/c1-5-18(4)27-21(33)13-14-30-24(35)19-11-6-7-12-20(19)32-25(30)29-31(26(32)36)15-22(34)28-23-16(2)9-8-10-17(23)3/h6-12,18H,5,13-15H2,1-4H3,(H,27,33)(H,28,34)/t18-/m0/s1. The molecule has 0 radical (unpaired) electrons. The van der Waals surface area contributed by atoms with E-state index >= 15 is 0 Å². The van der Waals surface area contributed by atoms with Crippen molar-refractivity contribution in [2.45, 2.75) is 59.7 Å².